The number of aliphatic hydroxyl groups is 1. The zero-order valence-electron chi connectivity index (χ0n) is 10.6. The SMILES string of the molecule is COc1ccc2c(c1OC)C(=O)N(CCCO)C2. The summed E-state index contributed by atoms with van der Waals surface area (Å²) in [6, 6.07) is 3.69. The molecule has 1 N–H and O–H groups in total. The molecule has 98 valence electrons. The van der Waals surface area contributed by atoms with Crippen LogP contribution in [-0.2, 0) is 6.54 Å². The number of rotatable bonds is 5. The van der Waals surface area contributed by atoms with Crippen molar-refractivity contribution in [2.75, 3.05) is 27.4 Å². The van der Waals surface area contributed by atoms with E-state index >= 15 is 0 Å². The summed E-state index contributed by atoms with van der Waals surface area (Å²) in [7, 11) is 3.08. The highest BCUT2D eigenvalue weighted by Crippen LogP contribution is 2.38. The van der Waals surface area contributed by atoms with Crippen LogP contribution in [0, 0.1) is 0 Å². The molecule has 0 aliphatic carbocycles. The number of hydrogen-bond acceptors (Lipinski definition) is 4. The highest BCUT2D eigenvalue weighted by molar-refractivity contribution is 6.01. The molecule has 0 saturated heterocycles. The molecule has 1 aliphatic rings. The second-order valence-electron chi connectivity index (χ2n) is 4.14. The van der Waals surface area contributed by atoms with Crippen LogP contribution < -0.4 is 9.47 Å². The van der Waals surface area contributed by atoms with Crippen molar-refractivity contribution in [1.82, 2.24) is 4.90 Å². The third-order valence-electron chi connectivity index (χ3n) is 3.08. The number of amides is 1. The fraction of sp³-hybridized carbons (Fsp3) is 0.462. The van der Waals surface area contributed by atoms with Crippen molar-refractivity contribution in [1.29, 1.82) is 0 Å². The predicted octanol–water partition coefficient (Wildman–Crippen LogP) is 1.04. The van der Waals surface area contributed by atoms with Gasteiger partial charge in [0.2, 0.25) is 0 Å². The summed E-state index contributed by atoms with van der Waals surface area (Å²) >= 11 is 0. The highest BCUT2D eigenvalue weighted by Gasteiger charge is 2.31. The summed E-state index contributed by atoms with van der Waals surface area (Å²) in [6.07, 6.45) is 0.583. The third-order valence-corrected chi connectivity index (χ3v) is 3.08. The lowest BCUT2D eigenvalue weighted by Gasteiger charge is -2.14. The molecule has 18 heavy (non-hydrogen) atoms. The first-order chi connectivity index (χ1) is 8.72. The fourth-order valence-electron chi connectivity index (χ4n) is 2.21. The van der Waals surface area contributed by atoms with Crippen LogP contribution in [0.3, 0.4) is 0 Å². The van der Waals surface area contributed by atoms with Crippen LogP contribution in [-0.4, -0.2) is 43.3 Å². The van der Waals surface area contributed by atoms with Gasteiger partial charge in [0.1, 0.15) is 0 Å². The summed E-state index contributed by atoms with van der Waals surface area (Å²) in [5, 5.41) is 8.83. The molecule has 1 aliphatic heterocycles. The van der Waals surface area contributed by atoms with Crippen LogP contribution in [0.2, 0.25) is 0 Å². The van der Waals surface area contributed by atoms with Gasteiger partial charge in [-0.25, -0.2) is 0 Å². The number of nitrogens with zero attached hydrogens (tertiary/aromatic N) is 1. The largest absolute Gasteiger partial charge is 0.493 e. The van der Waals surface area contributed by atoms with Gasteiger partial charge in [0.25, 0.3) is 5.91 Å². The minimum atomic E-state index is -0.0609. The van der Waals surface area contributed by atoms with Crippen molar-refractivity contribution >= 4 is 5.91 Å². The Hall–Kier alpha value is -1.75. The topological polar surface area (TPSA) is 59.0 Å². The maximum atomic E-state index is 12.3. The van der Waals surface area contributed by atoms with Gasteiger partial charge in [0.05, 0.1) is 19.8 Å². The molecule has 0 aromatic heterocycles. The zero-order valence-corrected chi connectivity index (χ0v) is 10.6. The Kier molecular flexibility index (Phi) is 3.72. The Labute approximate surface area is 106 Å². The maximum Gasteiger partial charge on any atom is 0.258 e. The van der Waals surface area contributed by atoms with Gasteiger partial charge in [-0.15, -0.1) is 0 Å². The van der Waals surface area contributed by atoms with Gasteiger partial charge in [-0.05, 0) is 18.1 Å². The van der Waals surface area contributed by atoms with Crippen LogP contribution in [0.5, 0.6) is 11.5 Å². The number of benzene rings is 1. The van der Waals surface area contributed by atoms with Gasteiger partial charge >= 0.3 is 0 Å². The van der Waals surface area contributed by atoms with E-state index in [4.69, 9.17) is 14.6 Å². The summed E-state index contributed by atoms with van der Waals surface area (Å²) < 4.78 is 10.5. The smallest absolute Gasteiger partial charge is 0.258 e. The van der Waals surface area contributed by atoms with Gasteiger partial charge in [-0.1, -0.05) is 6.07 Å². The van der Waals surface area contributed by atoms with Gasteiger partial charge in [-0.2, -0.15) is 0 Å². The number of carbonyl (C=O) groups is 1. The summed E-state index contributed by atoms with van der Waals surface area (Å²) in [4.78, 5) is 14.0. The Morgan fingerprint density at radius 2 is 2.11 bits per heavy atom. The van der Waals surface area contributed by atoms with Gasteiger partial charge in [0.15, 0.2) is 11.5 Å². The molecule has 0 unspecified atom stereocenters. The first-order valence-electron chi connectivity index (χ1n) is 5.87. The van der Waals surface area contributed by atoms with Crippen molar-refractivity contribution in [2.45, 2.75) is 13.0 Å². The molecule has 0 spiro atoms. The normalized spacial score (nSPS) is 13.7. The van der Waals surface area contributed by atoms with E-state index in [1.54, 1.807) is 18.1 Å². The minimum Gasteiger partial charge on any atom is -0.493 e. The number of ether oxygens (including phenoxy) is 2. The average molecular weight is 251 g/mol. The molecule has 0 bridgehead atoms. The second kappa shape index (κ2) is 5.27. The van der Waals surface area contributed by atoms with Crippen LogP contribution in [0.4, 0.5) is 0 Å². The number of methoxy groups -OCH3 is 2. The van der Waals surface area contributed by atoms with E-state index in [1.807, 2.05) is 6.07 Å². The molecule has 0 fully saturated rings. The minimum absolute atomic E-state index is 0.0609. The van der Waals surface area contributed by atoms with Gasteiger partial charge in [0, 0.05) is 19.7 Å². The number of hydrogen-bond donors (Lipinski definition) is 1. The van der Waals surface area contributed by atoms with Gasteiger partial charge in [-0.3, -0.25) is 4.79 Å². The zero-order chi connectivity index (χ0) is 13.1. The van der Waals surface area contributed by atoms with E-state index in [-0.39, 0.29) is 12.5 Å². The third kappa shape index (κ3) is 2.01. The lowest BCUT2D eigenvalue weighted by Crippen LogP contribution is -2.25. The molecule has 0 atom stereocenters. The van der Waals surface area contributed by atoms with Crippen molar-refractivity contribution < 1.29 is 19.4 Å². The van der Waals surface area contributed by atoms with E-state index in [0.717, 1.165) is 5.56 Å². The Morgan fingerprint density at radius 1 is 1.33 bits per heavy atom. The summed E-state index contributed by atoms with van der Waals surface area (Å²) in [5.74, 6) is 0.995. The molecule has 2 rings (SSSR count). The van der Waals surface area contributed by atoms with Crippen molar-refractivity contribution in [3.8, 4) is 11.5 Å². The molecule has 5 heteroatoms. The monoisotopic (exact) mass is 251 g/mol. The Bertz CT molecular complexity index is 459. The van der Waals surface area contributed by atoms with Gasteiger partial charge < -0.3 is 19.5 Å². The second-order valence-corrected chi connectivity index (χ2v) is 4.14. The molecule has 0 saturated carbocycles. The fourth-order valence-corrected chi connectivity index (χ4v) is 2.21. The number of carbonyl (C=O) groups excluding carboxylic acids is 1. The van der Waals surface area contributed by atoms with E-state index in [9.17, 15) is 4.79 Å². The molecule has 1 heterocycles. The van der Waals surface area contributed by atoms with Crippen LogP contribution in [0.1, 0.15) is 22.3 Å². The van der Waals surface area contributed by atoms with E-state index in [0.29, 0.717) is 36.6 Å². The molecular weight excluding hydrogens is 234 g/mol. The molecular formula is C13H17NO4. The summed E-state index contributed by atoms with van der Waals surface area (Å²) in [5.41, 5.74) is 1.52. The van der Waals surface area contributed by atoms with Crippen LogP contribution in [0.25, 0.3) is 0 Å². The van der Waals surface area contributed by atoms with Crippen molar-refractivity contribution in [2.24, 2.45) is 0 Å². The predicted molar refractivity (Wildman–Crippen MR) is 66.0 cm³/mol. The Morgan fingerprint density at radius 3 is 2.72 bits per heavy atom. The molecule has 1 amide bonds. The molecule has 1 aromatic carbocycles. The summed E-state index contributed by atoms with van der Waals surface area (Å²) in [6.45, 7) is 1.20. The lowest BCUT2D eigenvalue weighted by molar-refractivity contribution is 0.0765. The number of aliphatic hydroxyl groups excluding tert-OH is 1. The van der Waals surface area contributed by atoms with E-state index in [1.165, 1.54) is 7.11 Å². The van der Waals surface area contributed by atoms with E-state index < -0.39 is 0 Å². The highest BCUT2D eigenvalue weighted by atomic mass is 16.5. The van der Waals surface area contributed by atoms with Crippen LogP contribution >= 0.6 is 0 Å². The quantitative estimate of drug-likeness (QED) is 0.849. The first-order valence-corrected chi connectivity index (χ1v) is 5.87. The average Bonchev–Trinajstić information content (AvgIpc) is 2.72. The molecule has 0 radical (unpaired) electrons. The maximum absolute atomic E-state index is 12.3. The van der Waals surface area contributed by atoms with Crippen LogP contribution in [0.15, 0.2) is 12.1 Å². The van der Waals surface area contributed by atoms with Crippen molar-refractivity contribution in [3.05, 3.63) is 23.3 Å². The van der Waals surface area contributed by atoms with E-state index in [2.05, 4.69) is 0 Å². The lowest BCUT2D eigenvalue weighted by atomic mass is 10.1. The van der Waals surface area contributed by atoms with Crippen molar-refractivity contribution in [3.63, 3.8) is 0 Å². The molecule has 1 aromatic rings. The molecule has 5 nitrogen and oxygen atoms in total. The standard InChI is InChI=1S/C13H17NO4/c1-17-10-5-4-9-8-14(6-3-7-15)13(16)11(9)12(10)18-2/h4-5,15H,3,6-8H2,1-2H3. The Balaban J connectivity index is 2.34. The number of fused-ring (bicyclic) bond motifs is 1. The first kappa shape index (κ1) is 12.7.